The first-order valence-corrected chi connectivity index (χ1v) is 10.2. The largest absolute Gasteiger partial charge is 0.481 e. The molecule has 0 saturated carbocycles. The lowest BCUT2D eigenvalue weighted by atomic mass is 10.1. The molecule has 1 fully saturated rings. The number of anilines is 1. The fourth-order valence-corrected chi connectivity index (χ4v) is 3.71. The Morgan fingerprint density at radius 1 is 1.41 bits per heavy atom. The summed E-state index contributed by atoms with van der Waals surface area (Å²) in [6, 6.07) is 3.08. The summed E-state index contributed by atoms with van der Waals surface area (Å²) in [6.45, 7) is 3.89. The van der Waals surface area contributed by atoms with Gasteiger partial charge in [0.05, 0.1) is 31.1 Å². The fourth-order valence-electron chi connectivity index (χ4n) is 3.71. The van der Waals surface area contributed by atoms with Crippen molar-refractivity contribution >= 4 is 17.6 Å². The van der Waals surface area contributed by atoms with E-state index in [2.05, 4.69) is 20.4 Å². The zero-order valence-corrected chi connectivity index (χ0v) is 18.1. The zero-order valence-electron chi connectivity index (χ0n) is 18.1. The van der Waals surface area contributed by atoms with Crippen molar-refractivity contribution in [3.63, 3.8) is 0 Å². The molecule has 4 heterocycles. The second-order valence-electron chi connectivity index (χ2n) is 8.22. The molecule has 0 spiro atoms. The molecular formula is C21H25FN6O4. The van der Waals surface area contributed by atoms with Crippen LogP contribution in [0.4, 0.5) is 15.0 Å². The number of aliphatic hydroxyl groups is 1. The summed E-state index contributed by atoms with van der Waals surface area (Å²) in [5.41, 5.74) is -0.0538. The van der Waals surface area contributed by atoms with E-state index in [9.17, 15) is 14.3 Å². The number of hydrogen-bond acceptors (Lipinski definition) is 8. The van der Waals surface area contributed by atoms with E-state index in [0.29, 0.717) is 29.5 Å². The van der Waals surface area contributed by atoms with E-state index in [4.69, 9.17) is 9.47 Å². The molecule has 32 heavy (non-hydrogen) atoms. The van der Waals surface area contributed by atoms with Crippen LogP contribution in [-0.2, 0) is 0 Å². The Kier molecular flexibility index (Phi) is 5.83. The van der Waals surface area contributed by atoms with E-state index >= 15 is 0 Å². The van der Waals surface area contributed by atoms with Crippen molar-refractivity contribution in [2.24, 2.45) is 0 Å². The van der Waals surface area contributed by atoms with Crippen molar-refractivity contribution in [1.82, 2.24) is 24.9 Å². The number of nitrogens with one attached hydrogen (secondary N) is 1. The van der Waals surface area contributed by atoms with Gasteiger partial charge in [0.2, 0.25) is 11.5 Å². The van der Waals surface area contributed by atoms with E-state index < -0.39 is 17.5 Å². The Hall–Kier alpha value is -3.47. The predicted molar refractivity (Wildman–Crippen MR) is 113 cm³/mol. The molecule has 1 atom stereocenters. The summed E-state index contributed by atoms with van der Waals surface area (Å²) in [6.07, 6.45) is 5.20. The second-order valence-corrected chi connectivity index (χ2v) is 8.22. The molecule has 10 nitrogen and oxygen atoms in total. The first-order valence-electron chi connectivity index (χ1n) is 10.2. The van der Waals surface area contributed by atoms with Gasteiger partial charge in [-0.15, -0.1) is 0 Å². The SMILES string of the molecule is COc1ncc(F)cc1[C@H]1CCCN1c1ccn2ncc(OC(=O)NCC(C)(C)O)c2n1. The van der Waals surface area contributed by atoms with Gasteiger partial charge in [-0.05, 0) is 38.8 Å². The van der Waals surface area contributed by atoms with E-state index in [1.54, 1.807) is 26.1 Å². The maximum absolute atomic E-state index is 13.9. The maximum Gasteiger partial charge on any atom is 0.412 e. The normalized spacial score (nSPS) is 16.4. The van der Waals surface area contributed by atoms with Crippen molar-refractivity contribution in [3.05, 3.63) is 42.1 Å². The Balaban J connectivity index is 1.60. The van der Waals surface area contributed by atoms with Gasteiger partial charge in [-0.3, -0.25) is 0 Å². The quantitative estimate of drug-likeness (QED) is 0.596. The highest BCUT2D eigenvalue weighted by atomic mass is 19.1. The Bertz CT molecular complexity index is 1130. The number of carbonyl (C=O) groups excluding carboxylic acids is 1. The van der Waals surface area contributed by atoms with Gasteiger partial charge in [-0.1, -0.05) is 0 Å². The van der Waals surface area contributed by atoms with Gasteiger partial charge in [0, 0.05) is 24.8 Å². The third-order valence-corrected chi connectivity index (χ3v) is 5.13. The molecule has 0 radical (unpaired) electrons. The molecule has 0 bridgehead atoms. The van der Waals surface area contributed by atoms with Crippen LogP contribution in [0.15, 0.2) is 30.7 Å². The van der Waals surface area contributed by atoms with Crippen molar-refractivity contribution in [2.45, 2.75) is 38.3 Å². The standard InChI is InChI=1S/C21H25FN6O4/c1-21(2,30)12-24-20(29)32-16-11-25-28-8-6-17(26-18(16)28)27-7-4-5-15(27)14-9-13(22)10-23-19(14)31-3/h6,8-11,15,30H,4-5,7,12H2,1-3H3,(H,24,29)/t15-/m1/s1. The molecule has 4 rings (SSSR count). The lowest BCUT2D eigenvalue weighted by Crippen LogP contribution is -2.39. The van der Waals surface area contributed by atoms with E-state index in [1.165, 1.54) is 23.9 Å². The number of pyridine rings is 1. The molecule has 0 aromatic carbocycles. The van der Waals surface area contributed by atoms with E-state index in [-0.39, 0.29) is 18.3 Å². The van der Waals surface area contributed by atoms with Crippen LogP contribution in [0.5, 0.6) is 11.6 Å². The highest BCUT2D eigenvalue weighted by Gasteiger charge is 2.31. The molecule has 0 aliphatic carbocycles. The minimum atomic E-state index is -1.07. The number of aromatic nitrogens is 4. The number of ether oxygens (including phenoxy) is 2. The van der Waals surface area contributed by atoms with Crippen molar-refractivity contribution in [2.75, 3.05) is 25.1 Å². The Morgan fingerprint density at radius 3 is 2.97 bits per heavy atom. The van der Waals surface area contributed by atoms with E-state index in [1.807, 2.05) is 4.90 Å². The number of amides is 1. The topological polar surface area (TPSA) is 114 Å². The van der Waals surface area contributed by atoms with Gasteiger partial charge in [-0.2, -0.15) is 5.10 Å². The summed E-state index contributed by atoms with van der Waals surface area (Å²) < 4.78 is 26.1. The van der Waals surface area contributed by atoms with Crippen LogP contribution in [0, 0.1) is 5.82 Å². The van der Waals surface area contributed by atoms with Crippen LogP contribution in [0.3, 0.4) is 0 Å². The van der Waals surface area contributed by atoms with Gasteiger partial charge in [-0.25, -0.2) is 23.7 Å². The lowest BCUT2D eigenvalue weighted by molar-refractivity contribution is 0.0792. The minimum Gasteiger partial charge on any atom is -0.481 e. The molecule has 3 aromatic rings. The summed E-state index contributed by atoms with van der Waals surface area (Å²) in [7, 11) is 1.51. The molecule has 170 valence electrons. The zero-order chi connectivity index (χ0) is 22.9. The van der Waals surface area contributed by atoms with E-state index in [0.717, 1.165) is 19.0 Å². The van der Waals surface area contributed by atoms with Gasteiger partial charge in [0.15, 0.2) is 5.75 Å². The summed E-state index contributed by atoms with van der Waals surface area (Å²) in [4.78, 5) is 22.9. The average Bonchev–Trinajstić information content (AvgIpc) is 3.39. The smallest absolute Gasteiger partial charge is 0.412 e. The summed E-state index contributed by atoms with van der Waals surface area (Å²) in [5.74, 6) is 0.759. The number of methoxy groups -OCH3 is 1. The maximum atomic E-state index is 13.9. The molecule has 3 aromatic heterocycles. The highest BCUT2D eigenvalue weighted by molar-refractivity contribution is 5.73. The van der Waals surface area contributed by atoms with Crippen LogP contribution >= 0.6 is 0 Å². The first-order chi connectivity index (χ1) is 15.2. The number of halogens is 1. The summed E-state index contributed by atoms with van der Waals surface area (Å²) >= 11 is 0. The summed E-state index contributed by atoms with van der Waals surface area (Å²) in [5, 5.41) is 16.4. The molecular weight excluding hydrogens is 419 g/mol. The second kappa shape index (κ2) is 8.58. The third-order valence-electron chi connectivity index (χ3n) is 5.13. The van der Waals surface area contributed by atoms with Crippen molar-refractivity contribution < 1.29 is 23.8 Å². The van der Waals surface area contributed by atoms with Crippen LogP contribution in [0.25, 0.3) is 5.65 Å². The predicted octanol–water partition coefficient (Wildman–Crippen LogP) is 2.47. The molecule has 0 unspecified atom stereocenters. The van der Waals surface area contributed by atoms with Crippen molar-refractivity contribution in [1.29, 1.82) is 0 Å². The molecule has 1 saturated heterocycles. The number of nitrogens with zero attached hydrogens (tertiary/aromatic N) is 5. The molecule has 11 heteroatoms. The van der Waals surface area contributed by atoms with Crippen LogP contribution < -0.4 is 19.7 Å². The number of hydrogen-bond donors (Lipinski definition) is 2. The molecule has 1 amide bonds. The number of carbonyl (C=O) groups is 1. The highest BCUT2D eigenvalue weighted by Crippen LogP contribution is 2.39. The lowest BCUT2D eigenvalue weighted by Gasteiger charge is -2.26. The van der Waals surface area contributed by atoms with Crippen LogP contribution in [0.2, 0.25) is 0 Å². The van der Waals surface area contributed by atoms with Gasteiger partial charge in [0.1, 0.15) is 11.6 Å². The fraction of sp³-hybridized carbons (Fsp3) is 0.429. The molecule has 1 aliphatic rings. The van der Waals surface area contributed by atoms with Gasteiger partial charge >= 0.3 is 6.09 Å². The number of fused-ring (bicyclic) bond motifs is 1. The first kappa shape index (κ1) is 21.8. The average molecular weight is 444 g/mol. The molecule has 1 aliphatic heterocycles. The van der Waals surface area contributed by atoms with Crippen molar-refractivity contribution in [3.8, 4) is 11.6 Å². The van der Waals surface area contributed by atoms with Crippen LogP contribution in [-0.4, -0.2) is 56.6 Å². The van der Waals surface area contributed by atoms with Gasteiger partial charge in [0.25, 0.3) is 0 Å². The Morgan fingerprint density at radius 2 is 2.22 bits per heavy atom. The Labute approximate surface area is 184 Å². The third kappa shape index (κ3) is 4.57. The minimum absolute atomic E-state index is 0.0304. The van der Waals surface area contributed by atoms with Crippen LogP contribution in [0.1, 0.15) is 38.3 Å². The number of rotatable bonds is 6. The molecule has 2 N–H and O–H groups in total. The van der Waals surface area contributed by atoms with Gasteiger partial charge < -0.3 is 24.8 Å². The monoisotopic (exact) mass is 444 g/mol.